The van der Waals surface area contributed by atoms with E-state index >= 15 is 0 Å². The fraction of sp³-hybridized carbons (Fsp3) is 0.872. The Balaban J connectivity index is 3.36. The summed E-state index contributed by atoms with van der Waals surface area (Å²) in [5.74, 6) is 0.542. The first kappa shape index (κ1) is 49.6. The minimum Gasteiger partial charge on any atom is -0.391 e. The molecule has 0 saturated carbocycles. The van der Waals surface area contributed by atoms with Gasteiger partial charge < -0.3 is 10.4 Å². The van der Waals surface area contributed by atoms with Crippen LogP contribution >= 0.6 is 0 Å². The van der Waals surface area contributed by atoms with E-state index in [9.17, 15) is 14.7 Å². The number of carbonyl (C=O) groups excluding carboxylic acids is 2. The van der Waals surface area contributed by atoms with E-state index in [2.05, 4.69) is 43.5 Å². The first-order chi connectivity index (χ1) is 25.1. The number of unbranched alkanes of at least 4 members (excludes halogenated alkanes) is 28. The Morgan fingerprint density at radius 1 is 0.451 bits per heavy atom. The van der Waals surface area contributed by atoms with Crippen LogP contribution in [0.3, 0.4) is 0 Å². The van der Waals surface area contributed by atoms with Gasteiger partial charge in [0.25, 0.3) is 0 Å². The second-order valence-corrected chi connectivity index (χ2v) is 15.7. The summed E-state index contributed by atoms with van der Waals surface area (Å²) in [7, 11) is 0. The third-order valence-electron chi connectivity index (χ3n) is 10.4. The molecular weight excluding hydrogens is 627 g/mol. The van der Waals surface area contributed by atoms with Crippen molar-refractivity contribution < 1.29 is 14.7 Å². The van der Waals surface area contributed by atoms with Gasteiger partial charge in [-0.05, 0) is 57.8 Å². The van der Waals surface area contributed by atoms with Crippen molar-refractivity contribution in [3.63, 3.8) is 0 Å². The Hall–Kier alpha value is -1.42. The van der Waals surface area contributed by atoms with Crippen LogP contribution in [-0.4, -0.2) is 29.4 Å². The van der Waals surface area contributed by atoms with Crippen molar-refractivity contribution in [3.05, 3.63) is 24.3 Å². The molecule has 0 rings (SSSR count). The van der Waals surface area contributed by atoms with Crippen molar-refractivity contribution >= 4 is 11.7 Å². The van der Waals surface area contributed by atoms with Gasteiger partial charge in [-0.25, -0.2) is 0 Å². The Morgan fingerprint density at radius 2 is 0.804 bits per heavy atom. The third-order valence-corrected chi connectivity index (χ3v) is 10.4. The molecule has 51 heavy (non-hydrogen) atoms. The summed E-state index contributed by atoms with van der Waals surface area (Å²) < 4.78 is 0. The molecule has 0 heterocycles. The second-order valence-electron chi connectivity index (χ2n) is 15.7. The minimum absolute atomic E-state index is 0.0829. The maximum absolute atomic E-state index is 12.2. The van der Waals surface area contributed by atoms with Crippen LogP contribution < -0.4 is 5.32 Å². The number of rotatable bonds is 42. The van der Waals surface area contributed by atoms with Crippen LogP contribution in [0.2, 0.25) is 0 Å². The lowest BCUT2D eigenvalue weighted by molar-refractivity contribution is -0.121. The van der Waals surface area contributed by atoms with Crippen molar-refractivity contribution in [2.24, 2.45) is 0 Å². The van der Waals surface area contributed by atoms with Gasteiger partial charge in [0.15, 0.2) is 0 Å². The van der Waals surface area contributed by atoms with Gasteiger partial charge in [0.05, 0.1) is 6.10 Å². The molecular formula is C47H89NO3. The van der Waals surface area contributed by atoms with Crippen LogP contribution in [0, 0.1) is 0 Å². The number of nitrogens with one attached hydrogen (secondary N) is 1. The minimum atomic E-state index is -0.410. The summed E-state index contributed by atoms with van der Waals surface area (Å²) in [6.45, 7) is 4.93. The van der Waals surface area contributed by atoms with E-state index in [-0.39, 0.29) is 5.91 Å². The van der Waals surface area contributed by atoms with Crippen LogP contribution in [0.25, 0.3) is 0 Å². The lowest BCUT2D eigenvalue weighted by atomic mass is 10.0. The molecule has 0 aromatic rings. The van der Waals surface area contributed by atoms with Crippen LogP contribution in [0.1, 0.15) is 251 Å². The highest BCUT2D eigenvalue weighted by molar-refractivity contribution is 5.78. The van der Waals surface area contributed by atoms with Crippen LogP contribution in [-0.2, 0) is 9.59 Å². The van der Waals surface area contributed by atoms with E-state index in [0.717, 1.165) is 64.2 Å². The summed E-state index contributed by atoms with van der Waals surface area (Å²) >= 11 is 0. The molecule has 0 aromatic heterocycles. The highest BCUT2D eigenvalue weighted by atomic mass is 16.3. The van der Waals surface area contributed by atoms with Crippen molar-refractivity contribution in [2.75, 3.05) is 6.54 Å². The summed E-state index contributed by atoms with van der Waals surface area (Å²) in [6.07, 6.45) is 53.2. The molecule has 4 nitrogen and oxygen atoms in total. The molecule has 1 atom stereocenters. The van der Waals surface area contributed by atoms with Gasteiger partial charge in [-0.1, -0.05) is 199 Å². The smallest absolute Gasteiger partial charge is 0.220 e. The Bertz CT molecular complexity index is 775. The van der Waals surface area contributed by atoms with Gasteiger partial charge in [0.2, 0.25) is 5.91 Å². The number of hydrogen-bond acceptors (Lipinski definition) is 3. The molecule has 2 N–H and O–H groups in total. The standard InChI is InChI=1S/C47H89NO3/c1-3-5-7-9-11-13-15-17-19-21-22-24-28-32-36-40-45(49)41-37-33-29-26-27-31-35-39-43-47(51)48-44-46(50)42-38-34-30-25-23-20-18-16-14-12-10-8-6-4-2/h11,13,17,19,46,50H,3-10,12,14-16,18,20-44H2,1-2H3,(H,48,51)/t46-/m0/s1. The van der Waals surface area contributed by atoms with Crippen LogP contribution in [0.4, 0.5) is 0 Å². The lowest BCUT2D eigenvalue weighted by Gasteiger charge is -2.12. The zero-order valence-electron chi connectivity index (χ0n) is 34.5. The number of allylic oxidation sites excluding steroid dienone is 4. The molecule has 0 radical (unpaired) electrons. The quantitative estimate of drug-likeness (QED) is 0.0488. The van der Waals surface area contributed by atoms with Crippen molar-refractivity contribution in [1.29, 1.82) is 0 Å². The maximum Gasteiger partial charge on any atom is 0.220 e. The molecule has 4 heteroatoms. The van der Waals surface area contributed by atoms with Crippen LogP contribution in [0.15, 0.2) is 24.3 Å². The van der Waals surface area contributed by atoms with Crippen LogP contribution in [0.5, 0.6) is 0 Å². The first-order valence-electron chi connectivity index (χ1n) is 22.9. The normalized spacial score (nSPS) is 12.4. The summed E-state index contributed by atoms with van der Waals surface area (Å²) in [5, 5.41) is 13.2. The van der Waals surface area contributed by atoms with Gasteiger partial charge in [0, 0.05) is 25.8 Å². The molecule has 0 spiro atoms. The fourth-order valence-electron chi connectivity index (χ4n) is 6.92. The van der Waals surface area contributed by atoms with Gasteiger partial charge in [-0.2, -0.15) is 0 Å². The number of aliphatic hydroxyl groups is 1. The Kier molecular flexibility index (Phi) is 41.8. The largest absolute Gasteiger partial charge is 0.391 e. The molecule has 0 aliphatic heterocycles. The second kappa shape index (κ2) is 43.0. The van der Waals surface area contributed by atoms with Crippen molar-refractivity contribution in [1.82, 2.24) is 5.32 Å². The average Bonchev–Trinajstić information content (AvgIpc) is 3.13. The van der Waals surface area contributed by atoms with E-state index in [1.807, 2.05) is 0 Å². The number of Topliss-reactive ketones (excluding diaryl/α,β-unsaturated/α-hetero) is 1. The van der Waals surface area contributed by atoms with E-state index in [1.165, 1.54) is 167 Å². The zero-order valence-corrected chi connectivity index (χ0v) is 34.5. The molecule has 0 saturated heterocycles. The SMILES string of the molecule is CCCCCC=CCC=CCCCCCCCC(=O)CCCCCCCCCCC(=O)NC[C@@H](O)CCCCCCCCCCCCCCCC. The van der Waals surface area contributed by atoms with E-state index in [0.29, 0.717) is 18.7 Å². The number of amides is 1. The molecule has 300 valence electrons. The topological polar surface area (TPSA) is 66.4 Å². The molecule has 0 aliphatic carbocycles. The predicted octanol–water partition coefficient (Wildman–Crippen LogP) is 14.6. The molecule has 0 bridgehead atoms. The van der Waals surface area contributed by atoms with Gasteiger partial charge >= 0.3 is 0 Å². The predicted molar refractivity (Wildman–Crippen MR) is 224 cm³/mol. The summed E-state index contributed by atoms with van der Waals surface area (Å²) in [5.41, 5.74) is 0. The van der Waals surface area contributed by atoms with E-state index in [1.54, 1.807) is 0 Å². The number of carbonyl (C=O) groups is 2. The monoisotopic (exact) mass is 716 g/mol. The lowest BCUT2D eigenvalue weighted by Crippen LogP contribution is -2.31. The maximum atomic E-state index is 12.2. The Labute approximate surface area is 319 Å². The van der Waals surface area contributed by atoms with Gasteiger partial charge in [-0.3, -0.25) is 9.59 Å². The number of aliphatic hydroxyl groups excluding tert-OH is 1. The van der Waals surface area contributed by atoms with Gasteiger partial charge in [0.1, 0.15) is 5.78 Å². The molecule has 0 fully saturated rings. The summed E-state index contributed by atoms with van der Waals surface area (Å²) in [6, 6.07) is 0. The van der Waals surface area contributed by atoms with Crippen molar-refractivity contribution in [3.8, 4) is 0 Å². The highest BCUT2D eigenvalue weighted by Gasteiger charge is 2.07. The fourth-order valence-corrected chi connectivity index (χ4v) is 6.92. The molecule has 1 amide bonds. The molecule has 0 aliphatic rings. The van der Waals surface area contributed by atoms with Crippen molar-refractivity contribution in [2.45, 2.75) is 258 Å². The average molecular weight is 716 g/mol. The van der Waals surface area contributed by atoms with E-state index < -0.39 is 6.10 Å². The number of ketones is 1. The number of hydrogen-bond donors (Lipinski definition) is 2. The third kappa shape index (κ3) is 42.9. The van der Waals surface area contributed by atoms with Gasteiger partial charge in [-0.15, -0.1) is 0 Å². The Morgan fingerprint density at radius 3 is 1.27 bits per heavy atom. The molecule has 0 aromatic carbocycles. The molecule has 0 unspecified atom stereocenters. The van der Waals surface area contributed by atoms with E-state index in [4.69, 9.17) is 0 Å². The summed E-state index contributed by atoms with van der Waals surface area (Å²) in [4.78, 5) is 24.4. The first-order valence-corrected chi connectivity index (χ1v) is 22.9. The zero-order chi connectivity index (χ0) is 37.1. The highest BCUT2D eigenvalue weighted by Crippen LogP contribution is 2.15.